The molecule has 0 spiro atoms. The van der Waals surface area contributed by atoms with E-state index in [1.807, 2.05) is 0 Å². The van der Waals surface area contributed by atoms with Crippen molar-refractivity contribution in [3.63, 3.8) is 0 Å². The van der Waals surface area contributed by atoms with Gasteiger partial charge in [0.1, 0.15) is 0 Å². The molecule has 0 fully saturated rings. The molecular formula is C4H10O2S2. The summed E-state index contributed by atoms with van der Waals surface area (Å²) >= 11 is 7.37. The van der Waals surface area contributed by atoms with E-state index < -0.39 is 10.9 Å². The molecule has 0 saturated carbocycles. The number of aliphatic hydroxyl groups is 2. The summed E-state index contributed by atoms with van der Waals surface area (Å²) in [5.74, 6) is 0. The molecule has 0 aliphatic rings. The Bertz CT molecular complexity index is 48.0. The molecule has 0 heterocycles. The van der Waals surface area contributed by atoms with Crippen molar-refractivity contribution >= 4 is 25.3 Å². The van der Waals surface area contributed by atoms with Gasteiger partial charge < -0.3 is 10.2 Å². The van der Waals surface area contributed by atoms with Gasteiger partial charge in [0.25, 0.3) is 0 Å². The maximum atomic E-state index is 8.52. The van der Waals surface area contributed by atoms with Gasteiger partial charge >= 0.3 is 0 Å². The van der Waals surface area contributed by atoms with Crippen molar-refractivity contribution in [3.8, 4) is 0 Å². The van der Waals surface area contributed by atoms with Gasteiger partial charge in [-0.05, 0) is 12.8 Å². The molecule has 2 atom stereocenters. The molecular weight excluding hydrogens is 144 g/mol. The lowest BCUT2D eigenvalue weighted by Gasteiger charge is -2.03. The fourth-order valence-electron chi connectivity index (χ4n) is 0.298. The normalized spacial score (nSPS) is 18.0. The van der Waals surface area contributed by atoms with Gasteiger partial charge in [-0.25, -0.2) is 0 Å². The van der Waals surface area contributed by atoms with Crippen LogP contribution in [0.3, 0.4) is 0 Å². The molecule has 0 aromatic rings. The Balaban J connectivity index is 2.93. The molecule has 0 amide bonds. The third kappa shape index (κ3) is 6.62. The van der Waals surface area contributed by atoms with E-state index in [4.69, 9.17) is 10.2 Å². The SMILES string of the molecule is OC(S)CCC(O)S. The van der Waals surface area contributed by atoms with E-state index in [1.165, 1.54) is 0 Å². The van der Waals surface area contributed by atoms with E-state index >= 15 is 0 Å². The molecule has 0 saturated heterocycles. The summed E-state index contributed by atoms with van der Waals surface area (Å²) in [6.45, 7) is 0. The van der Waals surface area contributed by atoms with Crippen molar-refractivity contribution in [2.45, 2.75) is 23.7 Å². The van der Waals surface area contributed by atoms with Crippen molar-refractivity contribution in [3.05, 3.63) is 0 Å². The lowest BCUT2D eigenvalue weighted by molar-refractivity contribution is 0.206. The van der Waals surface area contributed by atoms with Gasteiger partial charge in [0.05, 0.1) is 10.9 Å². The second kappa shape index (κ2) is 4.49. The molecule has 0 bridgehead atoms. The predicted octanol–water partition coefficient (Wildman–Crippen LogP) is 0.263. The largest absolute Gasteiger partial charge is 0.383 e. The number of thiol groups is 2. The smallest absolute Gasteiger partial charge is 0.0965 e. The van der Waals surface area contributed by atoms with Gasteiger partial charge in [0.15, 0.2) is 0 Å². The van der Waals surface area contributed by atoms with E-state index in [0.717, 1.165) is 0 Å². The topological polar surface area (TPSA) is 40.5 Å². The summed E-state index contributed by atoms with van der Waals surface area (Å²) in [5.41, 5.74) is -1.26. The molecule has 0 aromatic carbocycles. The van der Waals surface area contributed by atoms with E-state index in [-0.39, 0.29) is 0 Å². The van der Waals surface area contributed by atoms with E-state index in [0.29, 0.717) is 12.8 Å². The summed E-state index contributed by atoms with van der Waals surface area (Å²) in [7, 11) is 0. The fourth-order valence-corrected chi connectivity index (χ4v) is 0.596. The Kier molecular flexibility index (Phi) is 4.84. The molecule has 2 nitrogen and oxygen atoms in total. The van der Waals surface area contributed by atoms with Crippen molar-refractivity contribution in [2.75, 3.05) is 0 Å². The zero-order chi connectivity index (χ0) is 6.57. The average Bonchev–Trinajstić information content (AvgIpc) is 1.61. The summed E-state index contributed by atoms with van der Waals surface area (Å²) in [5, 5.41) is 17.0. The van der Waals surface area contributed by atoms with Crippen molar-refractivity contribution in [1.82, 2.24) is 0 Å². The highest BCUT2D eigenvalue weighted by Crippen LogP contribution is 2.05. The average molecular weight is 154 g/mol. The summed E-state index contributed by atoms with van der Waals surface area (Å²) in [6.07, 6.45) is 0.960. The van der Waals surface area contributed by atoms with E-state index in [2.05, 4.69) is 25.3 Å². The Labute approximate surface area is 59.7 Å². The molecule has 2 N–H and O–H groups in total. The van der Waals surface area contributed by atoms with Crippen LogP contribution in [-0.2, 0) is 0 Å². The number of rotatable bonds is 3. The molecule has 2 unspecified atom stereocenters. The van der Waals surface area contributed by atoms with Crippen molar-refractivity contribution in [1.29, 1.82) is 0 Å². The number of hydrogen-bond acceptors (Lipinski definition) is 4. The highest BCUT2D eigenvalue weighted by molar-refractivity contribution is 7.81. The highest BCUT2D eigenvalue weighted by atomic mass is 32.1. The molecule has 0 aliphatic carbocycles. The van der Waals surface area contributed by atoms with Gasteiger partial charge in [0.2, 0.25) is 0 Å². The minimum Gasteiger partial charge on any atom is -0.383 e. The first-order valence-electron chi connectivity index (χ1n) is 2.35. The Hall–Kier alpha value is 0.620. The van der Waals surface area contributed by atoms with Crippen LogP contribution >= 0.6 is 25.3 Å². The molecule has 0 aliphatic heterocycles. The molecule has 0 rings (SSSR count). The maximum absolute atomic E-state index is 8.52. The molecule has 50 valence electrons. The zero-order valence-corrected chi connectivity index (χ0v) is 6.15. The van der Waals surface area contributed by atoms with Gasteiger partial charge in [-0.1, -0.05) is 0 Å². The third-order valence-electron chi connectivity index (χ3n) is 0.683. The summed E-state index contributed by atoms with van der Waals surface area (Å²) in [4.78, 5) is 0. The first kappa shape index (κ1) is 8.62. The van der Waals surface area contributed by atoms with Crippen LogP contribution < -0.4 is 0 Å². The van der Waals surface area contributed by atoms with Crippen LogP contribution in [0, 0.1) is 0 Å². The lowest BCUT2D eigenvalue weighted by atomic mass is 10.3. The molecule has 0 aromatic heterocycles. The minimum atomic E-state index is -0.628. The number of hydrogen-bond donors (Lipinski definition) is 4. The monoisotopic (exact) mass is 154 g/mol. The second-order valence-electron chi connectivity index (χ2n) is 1.54. The van der Waals surface area contributed by atoms with E-state index in [1.54, 1.807) is 0 Å². The number of aliphatic hydroxyl groups excluding tert-OH is 2. The minimum absolute atomic E-state index is 0.480. The fraction of sp³-hybridized carbons (Fsp3) is 1.00. The molecule has 4 heteroatoms. The van der Waals surface area contributed by atoms with Crippen LogP contribution in [0.4, 0.5) is 0 Å². The van der Waals surface area contributed by atoms with Crippen LogP contribution in [0.2, 0.25) is 0 Å². The standard InChI is InChI=1S/C4H10O2S2/c5-3(7)1-2-4(6)8/h3-8H,1-2H2. The Morgan fingerprint density at radius 1 is 1.00 bits per heavy atom. The van der Waals surface area contributed by atoms with E-state index in [9.17, 15) is 0 Å². The molecule has 0 radical (unpaired) electrons. The Morgan fingerprint density at radius 3 is 1.38 bits per heavy atom. The Morgan fingerprint density at radius 2 is 1.25 bits per heavy atom. The molecule has 8 heavy (non-hydrogen) atoms. The van der Waals surface area contributed by atoms with Crippen LogP contribution in [0.25, 0.3) is 0 Å². The third-order valence-corrected chi connectivity index (χ3v) is 1.20. The van der Waals surface area contributed by atoms with Gasteiger partial charge in [-0.2, -0.15) is 0 Å². The highest BCUT2D eigenvalue weighted by Gasteiger charge is 1.99. The lowest BCUT2D eigenvalue weighted by Crippen LogP contribution is -2.02. The van der Waals surface area contributed by atoms with Crippen LogP contribution in [0.15, 0.2) is 0 Å². The van der Waals surface area contributed by atoms with Crippen molar-refractivity contribution in [2.24, 2.45) is 0 Å². The predicted molar refractivity (Wildman–Crippen MR) is 39.2 cm³/mol. The zero-order valence-electron chi connectivity index (χ0n) is 4.36. The summed E-state index contributed by atoms with van der Waals surface area (Å²) < 4.78 is 0. The first-order chi connectivity index (χ1) is 3.63. The van der Waals surface area contributed by atoms with Crippen LogP contribution in [0.5, 0.6) is 0 Å². The van der Waals surface area contributed by atoms with Gasteiger partial charge in [-0.15, -0.1) is 25.3 Å². The maximum Gasteiger partial charge on any atom is 0.0965 e. The van der Waals surface area contributed by atoms with Gasteiger partial charge in [-0.3, -0.25) is 0 Å². The summed E-state index contributed by atoms with van der Waals surface area (Å²) in [6, 6.07) is 0. The van der Waals surface area contributed by atoms with Crippen molar-refractivity contribution < 1.29 is 10.2 Å². The van der Waals surface area contributed by atoms with Crippen LogP contribution in [0.1, 0.15) is 12.8 Å². The van der Waals surface area contributed by atoms with Gasteiger partial charge in [0, 0.05) is 0 Å². The second-order valence-corrected chi connectivity index (χ2v) is 2.73. The van der Waals surface area contributed by atoms with Crippen LogP contribution in [-0.4, -0.2) is 21.1 Å². The quantitative estimate of drug-likeness (QED) is 0.348. The first-order valence-corrected chi connectivity index (χ1v) is 3.38.